The second-order valence-electron chi connectivity index (χ2n) is 5.83. The summed E-state index contributed by atoms with van der Waals surface area (Å²) in [6.07, 6.45) is 1.08. The van der Waals surface area contributed by atoms with Crippen LogP contribution in [0.4, 0.5) is 11.4 Å². The first-order valence-corrected chi connectivity index (χ1v) is 8.13. The molecule has 12 heteroatoms. The Morgan fingerprint density at radius 3 is 2.55 bits per heavy atom. The lowest BCUT2D eigenvalue weighted by Gasteiger charge is -2.06. The molecular weight excluding hydrogens is 388 g/mol. The smallest absolute Gasteiger partial charge is 0.311 e. The second-order valence-corrected chi connectivity index (χ2v) is 5.83. The Kier molecular flexibility index (Phi) is 5.53. The predicted octanol–water partition coefficient (Wildman–Crippen LogP) is 2.07. The topological polar surface area (TPSA) is 155 Å². The van der Waals surface area contributed by atoms with Crippen molar-refractivity contribution in [2.45, 2.75) is 6.92 Å². The van der Waals surface area contributed by atoms with Crippen molar-refractivity contribution in [3.05, 3.63) is 61.7 Å². The Morgan fingerprint density at radius 2 is 1.86 bits per heavy atom. The molecule has 29 heavy (non-hydrogen) atoms. The number of nitrogens with zero attached hydrogens (tertiary/aromatic N) is 3. The summed E-state index contributed by atoms with van der Waals surface area (Å²) in [5.41, 5.74) is 2.35. The lowest BCUT2D eigenvalue weighted by atomic mass is 10.1. The molecule has 0 bridgehead atoms. The normalized spacial score (nSPS) is 12.0. The molecule has 0 spiro atoms. The number of rotatable bonds is 7. The summed E-state index contributed by atoms with van der Waals surface area (Å²) in [6, 6.07) is 6.88. The average Bonchev–Trinajstić information content (AvgIpc) is 3.13. The summed E-state index contributed by atoms with van der Waals surface area (Å²) in [6.45, 7) is 1.10. The van der Waals surface area contributed by atoms with E-state index in [4.69, 9.17) is 14.2 Å². The molecule has 3 rings (SSSR count). The van der Waals surface area contributed by atoms with Gasteiger partial charge < -0.3 is 14.2 Å². The van der Waals surface area contributed by atoms with E-state index in [-0.39, 0.29) is 35.2 Å². The zero-order valence-electron chi connectivity index (χ0n) is 15.0. The predicted molar refractivity (Wildman–Crippen MR) is 98.3 cm³/mol. The van der Waals surface area contributed by atoms with E-state index >= 15 is 0 Å². The Morgan fingerprint density at radius 1 is 1.17 bits per heavy atom. The summed E-state index contributed by atoms with van der Waals surface area (Å²) < 4.78 is 15.4. The van der Waals surface area contributed by atoms with Crippen LogP contribution < -0.4 is 19.6 Å². The van der Waals surface area contributed by atoms with Crippen molar-refractivity contribution in [1.82, 2.24) is 5.43 Å². The third kappa shape index (κ3) is 4.55. The molecule has 1 aliphatic heterocycles. The van der Waals surface area contributed by atoms with Gasteiger partial charge in [0.25, 0.3) is 11.6 Å². The van der Waals surface area contributed by atoms with Crippen molar-refractivity contribution in [1.29, 1.82) is 0 Å². The Balaban J connectivity index is 1.64. The van der Waals surface area contributed by atoms with Crippen molar-refractivity contribution < 1.29 is 28.9 Å². The first-order chi connectivity index (χ1) is 13.8. The highest BCUT2D eigenvalue weighted by Gasteiger charge is 2.22. The molecule has 1 amide bonds. The maximum atomic E-state index is 11.9. The molecule has 1 aliphatic rings. The number of carbonyl (C=O) groups excluding carboxylic acids is 1. The number of ether oxygens (including phenoxy) is 3. The van der Waals surface area contributed by atoms with Crippen molar-refractivity contribution in [3.63, 3.8) is 0 Å². The summed E-state index contributed by atoms with van der Waals surface area (Å²) >= 11 is 0. The largest absolute Gasteiger partial charge is 0.477 e. The summed E-state index contributed by atoms with van der Waals surface area (Å²) in [5.74, 6) is -0.213. The van der Waals surface area contributed by atoms with Gasteiger partial charge in [0.15, 0.2) is 23.9 Å². The highest BCUT2D eigenvalue weighted by Crippen LogP contribution is 2.37. The van der Waals surface area contributed by atoms with E-state index in [0.717, 1.165) is 6.21 Å². The third-order valence-electron chi connectivity index (χ3n) is 3.78. The van der Waals surface area contributed by atoms with Crippen LogP contribution in [0.25, 0.3) is 0 Å². The van der Waals surface area contributed by atoms with Gasteiger partial charge in [-0.15, -0.1) is 0 Å². The first kappa shape index (κ1) is 19.5. The molecule has 0 aliphatic carbocycles. The third-order valence-corrected chi connectivity index (χ3v) is 3.78. The van der Waals surface area contributed by atoms with Gasteiger partial charge in [-0.2, -0.15) is 5.10 Å². The fourth-order valence-corrected chi connectivity index (χ4v) is 2.45. The molecule has 12 nitrogen and oxygen atoms in total. The Hall–Kier alpha value is -4.22. The minimum atomic E-state index is -0.709. The minimum absolute atomic E-state index is 0.0493. The number of nitro groups is 2. The van der Waals surface area contributed by atoms with Crippen LogP contribution in [0.1, 0.15) is 11.1 Å². The van der Waals surface area contributed by atoms with Crippen LogP contribution in [-0.2, 0) is 4.79 Å². The standard InChI is InChI=1S/C17H14N4O8/c1-10-2-3-14(13(4-10)21(25)26)27-8-17(22)19-18-7-11-5-15-16(29-9-28-15)6-12(11)20(23)24/h2-7H,8-9H2,1H3,(H,19,22)/b18-7-. The fraction of sp³-hybridized carbons (Fsp3) is 0.176. The van der Waals surface area contributed by atoms with E-state index in [9.17, 15) is 25.0 Å². The van der Waals surface area contributed by atoms with E-state index < -0.39 is 22.4 Å². The van der Waals surface area contributed by atoms with Crippen LogP contribution in [0.3, 0.4) is 0 Å². The molecule has 1 N–H and O–H groups in total. The molecule has 150 valence electrons. The fourth-order valence-electron chi connectivity index (χ4n) is 2.45. The molecule has 0 atom stereocenters. The maximum absolute atomic E-state index is 11.9. The van der Waals surface area contributed by atoms with E-state index in [2.05, 4.69) is 10.5 Å². The van der Waals surface area contributed by atoms with Crippen molar-refractivity contribution in [3.8, 4) is 17.2 Å². The van der Waals surface area contributed by atoms with Crippen molar-refractivity contribution >= 4 is 23.5 Å². The van der Waals surface area contributed by atoms with E-state index in [1.807, 2.05) is 0 Å². The van der Waals surface area contributed by atoms with E-state index in [1.165, 1.54) is 24.3 Å². The van der Waals surface area contributed by atoms with Gasteiger partial charge >= 0.3 is 5.69 Å². The van der Waals surface area contributed by atoms with Crippen molar-refractivity contribution in [2.24, 2.45) is 5.10 Å². The highest BCUT2D eigenvalue weighted by molar-refractivity contribution is 5.88. The lowest BCUT2D eigenvalue weighted by molar-refractivity contribution is -0.385. The number of hydrazone groups is 1. The zero-order valence-corrected chi connectivity index (χ0v) is 15.0. The highest BCUT2D eigenvalue weighted by atomic mass is 16.7. The molecule has 2 aromatic rings. The number of fused-ring (bicyclic) bond motifs is 1. The molecule has 0 unspecified atom stereocenters. The number of carbonyl (C=O) groups is 1. The number of hydrogen-bond donors (Lipinski definition) is 1. The Labute approximate surface area is 163 Å². The molecule has 0 fully saturated rings. The van der Waals surface area contributed by atoms with Gasteiger partial charge in [-0.1, -0.05) is 6.07 Å². The van der Waals surface area contributed by atoms with Gasteiger partial charge in [0.05, 0.1) is 27.7 Å². The van der Waals surface area contributed by atoms with Crippen LogP contribution in [0, 0.1) is 27.2 Å². The van der Waals surface area contributed by atoms with Gasteiger partial charge in [0.2, 0.25) is 6.79 Å². The number of benzene rings is 2. The number of amides is 1. The Bertz CT molecular complexity index is 1020. The van der Waals surface area contributed by atoms with Crippen molar-refractivity contribution in [2.75, 3.05) is 13.4 Å². The van der Waals surface area contributed by atoms with Gasteiger partial charge in [0, 0.05) is 6.07 Å². The molecular formula is C17H14N4O8. The van der Waals surface area contributed by atoms with Gasteiger partial charge in [0.1, 0.15) is 0 Å². The van der Waals surface area contributed by atoms with Gasteiger partial charge in [-0.05, 0) is 24.6 Å². The molecule has 1 heterocycles. The number of aryl methyl sites for hydroxylation is 1. The maximum Gasteiger partial charge on any atom is 0.311 e. The number of nitro benzene ring substituents is 2. The van der Waals surface area contributed by atoms with E-state index in [0.29, 0.717) is 11.3 Å². The average molecular weight is 402 g/mol. The summed E-state index contributed by atoms with van der Waals surface area (Å²) in [5, 5.41) is 25.9. The molecule has 2 aromatic carbocycles. The molecule has 0 radical (unpaired) electrons. The van der Waals surface area contributed by atoms with Crippen LogP contribution in [0.2, 0.25) is 0 Å². The molecule has 0 saturated heterocycles. The molecule has 0 saturated carbocycles. The van der Waals surface area contributed by atoms with Crippen LogP contribution in [-0.4, -0.2) is 35.4 Å². The van der Waals surface area contributed by atoms with Crippen LogP contribution >= 0.6 is 0 Å². The molecule has 0 aromatic heterocycles. The van der Waals surface area contributed by atoms with Gasteiger partial charge in [-0.3, -0.25) is 25.0 Å². The SMILES string of the molecule is Cc1ccc(OCC(=O)N/N=C\c2cc3c(cc2[N+](=O)[O-])OCO3)c([N+](=O)[O-])c1. The van der Waals surface area contributed by atoms with Gasteiger partial charge in [-0.25, -0.2) is 5.43 Å². The van der Waals surface area contributed by atoms with Crippen LogP contribution in [0.5, 0.6) is 17.2 Å². The van der Waals surface area contributed by atoms with Crippen LogP contribution in [0.15, 0.2) is 35.4 Å². The van der Waals surface area contributed by atoms with E-state index in [1.54, 1.807) is 13.0 Å². The zero-order chi connectivity index (χ0) is 21.0. The summed E-state index contributed by atoms with van der Waals surface area (Å²) in [7, 11) is 0. The second kappa shape index (κ2) is 8.21. The quantitative estimate of drug-likeness (QED) is 0.419. The number of hydrogen-bond acceptors (Lipinski definition) is 9. The minimum Gasteiger partial charge on any atom is -0.477 e. The monoisotopic (exact) mass is 402 g/mol. The lowest BCUT2D eigenvalue weighted by Crippen LogP contribution is -2.24. The summed E-state index contributed by atoms with van der Waals surface area (Å²) in [4.78, 5) is 32.8. The number of nitrogens with one attached hydrogen (secondary N) is 1. The first-order valence-electron chi connectivity index (χ1n) is 8.13.